The van der Waals surface area contributed by atoms with E-state index in [1.165, 1.54) is 0 Å². The zero-order chi connectivity index (χ0) is 19.6. The monoisotopic (exact) mass is 377 g/mol. The van der Waals surface area contributed by atoms with E-state index < -0.39 is 0 Å². The van der Waals surface area contributed by atoms with Crippen LogP contribution in [-0.4, -0.2) is 23.6 Å². The molecule has 0 aliphatic rings. The number of benzene rings is 1. The van der Waals surface area contributed by atoms with Gasteiger partial charge in [0.05, 0.1) is 18.8 Å². The highest BCUT2D eigenvalue weighted by Gasteiger charge is 2.06. The van der Waals surface area contributed by atoms with Gasteiger partial charge >= 0.3 is 0 Å². The smallest absolute Gasteiger partial charge is 0.244 e. The minimum atomic E-state index is -0.139. The van der Waals surface area contributed by atoms with Crippen LogP contribution in [0.5, 0.6) is 0 Å². The van der Waals surface area contributed by atoms with Crippen LogP contribution in [0.2, 0.25) is 0 Å². The fraction of sp³-hybridized carbons (Fsp3) is 0.273. The Morgan fingerprint density at radius 3 is 3.00 bits per heavy atom. The Kier molecular flexibility index (Phi) is 7.05. The quantitative estimate of drug-likeness (QED) is 0.429. The first-order chi connectivity index (χ1) is 13.8. The number of carbonyl (C=O) groups excluding carboxylic acids is 1. The van der Waals surface area contributed by atoms with Gasteiger partial charge in [-0.2, -0.15) is 5.26 Å². The molecule has 1 N–H and O–H groups in total. The number of aromatic nitrogens is 1. The van der Waals surface area contributed by atoms with Crippen LogP contribution >= 0.6 is 0 Å². The van der Waals surface area contributed by atoms with E-state index in [0.29, 0.717) is 32.7 Å². The van der Waals surface area contributed by atoms with Crippen LogP contribution in [0.3, 0.4) is 0 Å². The van der Waals surface area contributed by atoms with E-state index >= 15 is 0 Å². The van der Waals surface area contributed by atoms with Crippen LogP contribution in [-0.2, 0) is 22.7 Å². The molecule has 0 bridgehead atoms. The van der Waals surface area contributed by atoms with Gasteiger partial charge in [0, 0.05) is 48.4 Å². The van der Waals surface area contributed by atoms with Crippen LogP contribution in [0.15, 0.2) is 59.4 Å². The standard InChI is InChI=1S/C22H23N3O3/c23-11-4-13-25-16-18(20-7-1-2-8-21(20)25)9-10-22(26)24-12-5-14-27-17-19-6-3-15-28-19/h1-3,6-10,15-16H,4-5,12-14,17H2,(H,24,26). The number of nitrogens with zero attached hydrogens (tertiary/aromatic N) is 2. The number of ether oxygens (including phenoxy) is 1. The number of furan rings is 1. The molecule has 0 unspecified atom stereocenters. The highest BCUT2D eigenvalue weighted by Crippen LogP contribution is 2.22. The van der Waals surface area contributed by atoms with Gasteiger partial charge in [0.25, 0.3) is 0 Å². The van der Waals surface area contributed by atoms with Gasteiger partial charge in [-0.1, -0.05) is 18.2 Å². The van der Waals surface area contributed by atoms with Crippen LogP contribution in [0.25, 0.3) is 17.0 Å². The molecule has 0 aliphatic heterocycles. The molecule has 144 valence electrons. The fourth-order valence-corrected chi connectivity index (χ4v) is 2.94. The second-order valence-electron chi connectivity index (χ2n) is 6.31. The average Bonchev–Trinajstić information content (AvgIpc) is 3.35. The summed E-state index contributed by atoms with van der Waals surface area (Å²) in [5, 5.41) is 12.7. The Bertz CT molecular complexity index is 965. The average molecular weight is 377 g/mol. The first-order valence-electron chi connectivity index (χ1n) is 9.29. The fourth-order valence-electron chi connectivity index (χ4n) is 2.94. The summed E-state index contributed by atoms with van der Waals surface area (Å²) >= 11 is 0. The lowest BCUT2D eigenvalue weighted by Gasteiger charge is -2.03. The zero-order valence-electron chi connectivity index (χ0n) is 15.6. The van der Waals surface area contributed by atoms with Crippen molar-refractivity contribution in [2.24, 2.45) is 0 Å². The van der Waals surface area contributed by atoms with Crippen molar-refractivity contribution >= 4 is 22.9 Å². The van der Waals surface area contributed by atoms with Gasteiger partial charge in [0.2, 0.25) is 5.91 Å². The Labute approximate surface area is 164 Å². The number of para-hydroxylation sites is 1. The maximum Gasteiger partial charge on any atom is 0.244 e. The first-order valence-corrected chi connectivity index (χ1v) is 9.29. The molecule has 0 saturated heterocycles. The molecule has 28 heavy (non-hydrogen) atoms. The van der Waals surface area contributed by atoms with E-state index in [1.54, 1.807) is 12.3 Å². The molecule has 1 amide bonds. The van der Waals surface area contributed by atoms with Crippen LogP contribution in [0, 0.1) is 11.3 Å². The summed E-state index contributed by atoms with van der Waals surface area (Å²) in [5.74, 6) is 0.654. The number of nitrogens with one attached hydrogen (secondary N) is 1. The molecule has 0 saturated carbocycles. The second kappa shape index (κ2) is 10.1. The maximum absolute atomic E-state index is 12.0. The molecular formula is C22H23N3O3. The molecule has 2 aromatic heterocycles. The predicted molar refractivity (Wildman–Crippen MR) is 107 cm³/mol. The topological polar surface area (TPSA) is 80.2 Å². The van der Waals surface area contributed by atoms with Crippen molar-refractivity contribution in [3.63, 3.8) is 0 Å². The van der Waals surface area contributed by atoms with Crippen molar-refractivity contribution in [1.82, 2.24) is 9.88 Å². The largest absolute Gasteiger partial charge is 0.467 e. The molecule has 0 atom stereocenters. The summed E-state index contributed by atoms with van der Waals surface area (Å²) in [4.78, 5) is 12.0. The molecule has 1 aromatic carbocycles. The van der Waals surface area contributed by atoms with Crippen LogP contribution in [0.4, 0.5) is 0 Å². The molecule has 0 spiro atoms. The molecule has 6 nitrogen and oxygen atoms in total. The van der Waals surface area contributed by atoms with Gasteiger partial charge in [-0.15, -0.1) is 0 Å². The lowest BCUT2D eigenvalue weighted by atomic mass is 10.1. The normalized spacial score (nSPS) is 11.1. The summed E-state index contributed by atoms with van der Waals surface area (Å²) in [6.45, 7) is 2.17. The lowest BCUT2D eigenvalue weighted by Crippen LogP contribution is -2.23. The second-order valence-corrected chi connectivity index (χ2v) is 6.31. The van der Waals surface area contributed by atoms with Crippen molar-refractivity contribution in [2.75, 3.05) is 13.2 Å². The number of nitriles is 1. The predicted octanol–water partition coefficient (Wildman–Crippen LogP) is 3.88. The summed E-state index contributed by atoms with van der Waals surface area (Å²) in [7, 11) is 0. The molecule has 0 aliphatic carbocycles. The molecule has 2 heterocycles. The van der Waals surface area contributed by atoms with Crippen LogP contribution < -0.4 is 5.32 Å². The Morgan fingerprint density at radius 1 is 1.29 bits per heavy atom. The van der Waals surface area contributed by atoms with Gasteiger partial charge in [-0.25, -0.2) is 0 Å². The minimum Gasteiger partial charge on any atom is -0.467 e. The Hall–Kier alpha value is -3.30. The number of fused-ring (bicyclic) bond motifs is 1. The number of rotatable bonds is 10. The van der Waals surface area contributed by atoms with Crippen molar-refractivity contribution < 1.29 is 13.9 Å². The van der Waals surface area contributed by atoms with E-state index in [2.05, 4.69) is 11.4 Å². The lowest BCUT2D eigenvalue weighted by molar-refractivity contribution is -0.116. The summed E-state index contributed by atoms with van der Waals surface area (Å²) in [5.41, 5.74) is 2.02. The molecule has 3 aromatic rings. The molecular weight excluding hydrogens is 354 g/mol. The number of hydrogen-bond acceptors (Lipinski definition) is 4. The van der Waals surface area contributed by atoms with Gasteiger partial charge < -0.3 is 19.0 Å². The summed E-state index contributed by atoms with van der Waals surface area (Å²) in [6.07, 6.45) is 8.13. The molecule has 3 rings (SSSR count). The third kappa shape index (κ3) is 5.35. The van der Waals surface area contributed by atoms with E-state index in [-0.39, 0.29) is 5.91 Å². The van der Waals surface area contributed by atoms with Crippen molar-refractivity contribution in [1.29, 1.82) is 5.26 Å². The maximum atomic E-state index is 12.0. The Balaban J connectivity index is 1.46. The summed E-state index contributed by atoms with van der Waals surface area (Å²) in [6, 6.07) is 13.8. The van der Waals surface area contributed by atoms with Gasteiger partial charge in [0.1, 0.15) is 12.4 Å². The number of amides is 1. The van der Waals surface area contributed by atoms with E-state index in [9.17, 15) is 4.79 Å². The third-order valence-electron chi connectivity index (χ3n) is 4.29. The van der Waals surface area contributed by atoms with Gasteiger partial charge in [-0.3, -0.25) is 4.79 Å². The first kappa shape index (κ1) is 19.5. The number of aryl methyl sites for hydroxylation is 1. The highest BCUT2D eigenvalue weighted by molar-refractivity contribution is 5.96. The summed E-state index contributed by atoms with van der Waals surface area (Å²) < 4.78 is 12.7. The minimum absolute atomic E-state index is 0.139. The number of carbonyl (C=O) groups is 1. The van der Waals surface area contributed by atoms with Gasteiger partial charge in [-0.05, 0) is 30.7 Å². The highest BCUT2D eigenvalue weighted by atomic mass is 16.5. The SMILES string of the molecule is N#CCCn1cc(C=CC(=O)NCCCOCc2ccco2)c2ccccc21. The van der Waals surface area contributed by atoms with E-state index in [1.807, 2.05) is 53.2 Å². The van der Waals surface area contributed by atoms with Crippen molar-refractivity contribution in [3.8, 4) is 6.07 Å². The molecule has 6 heteroatoms. The number of hydrogen-bond donors (Lipinski definition) is 1. The van der Waals surface area contributed by atoms with Crippen LogP contribution in [0.1, 0.15) is 24.2 Å². The van der Waals surface area contributed by atoms with Crippen molar-refractivity contribution in [2.45, 2.75) is 26.0 Å². The molecule has 0 radical (unpaired) electrons. The zero-order valence-corrected chi connectivity index (χ0v) is 15.6. The van der Waals surface area contributed by atoms with E-state index in [4.69, 9.17) is 14.4 Å². The van der Waals surface area contributed by atoms with Crippen molar-refractivity contribution in [3.05, 3.63) is 66.3 Å². The molecule has 0 fully saturated rings. The third-order valence-corrected chi connectivity index (χ3v) is 4.29. The van der Waals surface area contributed by atoms with E-state index in [0.717, 1.165) is 28.6 Å². The van der Waals surface area contributed by atoms with Gasteiger partial charge in [0.15, 0.2) is 0 Å². The Morgan fingerprint density at radius 2 is 2.18 bits per heavy atom.